The van der Waals surface area contributed by atoms with E-state index in [1.807, 2.05) is 0 Å². The van der Waals surface area contributed by atoms with E-state index in [-0.39, 0.29) is 25.1 Å². The van der Waals surface area contributed by atoms with Crippen molar-refractivity contribution in [2.45, 2.75) is 12.5 Å². The summed E-state index contributed by atoms with van der Waals surface area (Å²) in [5.74, 6) is 0. The van der Waals surface area contributed by atoms with Crippen molar-refractivity contribution >= 4 is 44.7 Å². The number of aliphatic hydroxyl groups is 1. The van der Waals surface area contributed by atoms with E-state index < -0.39 is 0 Å². The van der Waals surface area contributed by atoms with Gasteiger partial charge in [-0.3, -0.25) is 0 Å². The molecule has 3 N–H and O–H groups in total. The summed E-state index contributed by atoms with van der Waals surface area (Å²) in [6, 6.07) is 19.2. The molecule has 0 saturated heterocycles. The highest BCUT2D eigenvalue weighted by Gasteiger charge is 2.14. The number of hydrogen-bond acceptors (Lipinski definition) is 2. The van der Waals surface area contributed by atoms with Crippen LogP contribution in [0.15, 0.2) is 54.6 Å². The van der Waals surface area contributed by atoms with E-state index >= 15 is 0 Å². The normalized spacial score (nSPS) is 12.8. The zero-order valence-corrected chi connectivity index (χ0v) is 12.9. The summed E-state index contributed by atoms with van der Waals surface area (Å²) in [7, 11) is 0. The van der Waals surface area contributed by atoms with Crippen LogP contribution in [0.25, 0.3) is 32.3 Å². The summed E-state index contributed by atoms with van der Waals surface area (Å²) in [4.78, 5) is 0. The molecule has 0 aliphatic heterocycles. The Hall–Kier alpha value is -1.87. The monoisotopic (exact) mass is 311 g/mol. The Labute approximate surface area is 135 Å². The van der Waals surface area contributed by atoms with E-state index in [4.69, 9.17) is 10.8 Å². The lowest BCUT2D eigenvalue weighted by molar-refractivity contribution is 0.277. The molecular formula is C19H18ClNO. The maximum Gasteiger partial charge on any atom is 0.0449 e. The third kappa shape index (κ3) is 2.12. The zero-order valence-electron chi connectivity index (χ0n) is 12.1. The molecule has 1 atom stereocenters. The van der Waals surface area contributed by atoms with Gasteiger partial charge in [0.2, 0.25) is 0 Å². The number of nitrogens with two attached hydrogens (primary N) is 1. The number of aliphatic hydroxyl groups excluding tert-OH is 1. The second kappa shape index (κ2) is 5.73. The molecule has 0 spiro atoms. The quantitative estimate of drug-likeness (QED) is 0.551. The fraction of sp³-hybridized carbons (Fsp3) is 0.158. The SMILES string of the molecule is Cl.N[C@H](CCO)c1ccc2ccc3cccc4ccc1c2c34. The molecule has 0 aliphatic carbocycles. The van der Waals surface area contributed by atoms with E-state index in [9.17, 15) is 0 Å². The van der Waals surface area contributed by atoms with Crippen LogP contribution in [-0.2, 0) is 0 Å². The van der Waals surface area contributed by atoms with Crippen LogP contribution in [0.3, 0.4) is 0 Å². The molecule has 2 nitrogen and oxygen atoms in total. The molecule has 0 saturated carbocycles. The third-order valence-corrected chi connectivity index (χ3v) is 4.40. The maximum absolute atomic E-state index is 9.16. The maximum atomic E-state index is 9.16. The van der Waals surface area contributed by atoms with Crippen LogP contribution in [0.5, 0.6) is 0 Å². The van der Waals surface area contributed by atoms with Gasteiger partial charge in [0.1, 0.15) is 0 Å². The van der Waals surface area contributed by atoms with Crippen molar-refractivity contribution in [3.63, 3.8) is 0 Å². The molecule has 0 unspecified atom stereocenters. The van der Waals surface area contributed by atoms with Crippen molar-refractivity contribution in [3.8, 4) is 0 Å². The largest absolute Gasteiger partial charge is 0.396 e. The van der Waals surface area contributed by atoms with Crippen LogP contribution < -0.4 is 5.73 Å². The summed E-state index contributed by atoms with van der Waals surface area (Å²) >= 11 is 0. The van der Waals surface area contributed by atoms with Crippen LogP contribution >= 0.6 is 12.4 Å². The van der Waals surface area contributed by atoms with Gasteiger partial charge in [-0.1, -0.05) is 54.6 Å². The van der Waals surface area contributed by atoms with Crippen LogP contribution in [0.1, 0.15) is 18.0 Å². The highest BCUT2D eigenvalue weighted by atomic mass is 35.5. The van der Waals surface area contributed by atoms with Gasteiger partial charge in [-0.05, 0) is 44.3 Å². The molecular weight excluding hydrogens is 294 g/mol. The summed E-state index contributed by atoms with van der Waals surface area (Å²) in [6.45, 7) is 0.114. The molecule has 4 aromatic rings. The first kappa shape index (κ1) is 15.0. The van der Waals surface area contributed by atoms with E-state index in [1.54, 1.807) is 0 Å². The van der Waals surface area contributed by atoms with Gasteiger partial charge < -0.3 is 10.8 Å². The minimum absolute atomic E-state index is 0. The molecule has 3 heteroatoms. The van der Waals surface area contributed by atoms with E-state index in [1.165, 1.54) is 32.3 Å². The molecule has 0 amide bonds. The Morgan fingerprint density at radius 3 is 2.09 bits per heavy atom. The second-order valence-electron chi connectivity index (χ2n) is 5.63. The zero-order chi connectivity index (χ0) is 14.4. The Balaban J connectivity index is 0.00000144. The fourth-order valence-corrected chi connectivity index (χ4v) is 3.38. The van der Waals surface area contributed by atoms with Gasteiger partial charge >= 0.3 is 0 Å². The van der Waals surface area contributed by atoms with Gasteiger partial charge in [-0.2, -0.15) is 0 Å². The van der Waals surface area contributed by atoms with Gasteiger partial charge in [0, 0.05) is 12.6 Å². The van der Waals surface area contributed by atoms with Crippen LogP contribution in [0.2, 0.25) is 0 Å². The van der Waals surface area contributed by atoms with Crippen molar-refractivity contribution in [2.75, 3.05) is 6.61 Å². The summed E-state index contributed by atoms with van der Waals surface area (Å²) < 4.78 is 0. The van der Waals surface area contributed by atoms with E-state index in [2.05, 4.69) is 54.6 Å². The van der Waals surface area contributed by atoms with Crippen LogP contribution in [0, 0.1) is 0 Å². The fourth-order valence-electron chi connectivity index (χ4n) is 3.38. The Morgan fingerprint density at radius 1 is 0.818 bits per heavy atom. The highest BCUT2D eigenvalue weighted by Crippen LogP contribution is 2.37. The van der Waals surface area contributed by atoms with Gasteiger partial charge in [0.25, 0.3) is 0 Å². The molecule has 22 heavy (non-hydrogen) atoms. The van der Waals surface area contributed by atoms with E-state index in [0.29, 0.717) is 6.42 Å². The van der Waals surface area contributed by atoms with E-state index in [0.717, 1.165) is 5.56 Å². The minimum atomic E-state index is -0.125. The molecule has 0 aliphatic rings. The number of benzene rings is 4. The Kier molecular flexibility index (Phi) is 3.92. The molecule has 0 fully saturated rings. The van der Waals surface area contributed by atoms with Crippen molar-refractivity contribution in [2.24, 2.45) is 5.73 Å². The summed E-state index contributed by atoms with van der Waals surface area (Å²) in [5, 5.41) is 16.7. The minimum Gasteiger partial charge on any atom is -0.396 e. The number of hydrogen-bond donors (Lipinski definition) is 2. The van der Waals surface area contributed by atoms with Crippen molar-refractivity contribution < 1.29 is 5.11 Å². The lowest BCUT2D eigenvalue weighted by Gasteiger charge is -2.17. The lowest BCUT2D eigenvalue weighted by Crippen LogP contribution is -2.12. The topological polar surface area (TPSA) is 46.2 Å². The first-order valence-corrected chi connectivity index (χ1v) is 7.32. The highest BCUT2D eigenvalue weighted by molar-refractivity contribution is 6.23. The molecule has 0 radical (unpaired) electrons. The standard InChI is InChI=1S/C19H17NO.ClH/c20-17(10-11-21)15-8-6-14-5-4-12-2-1-3-13-7-9-16(15)19(14)18(12)13;/h1-9,17,21H,10-11,20H2;1H/t17-;/m1./s1. The second-order valence-corrected chi connectivity index (χ2v) is 5.63. The smallest absolute Gasteiger partial charge is 0.0449 e. The van der Waals surface area contributed by atoms with Crippen molar-refractivity contribution in [1.29, 1.82) is 0 Å². The molecule has 4 aromatic carbocycles. The number of halogens is 1. The van der Waals surface area contributed by atoms with Crippen LogP contribution in [-0.4, -0.2) is 11.7 Å². The first-order chi connectivity index (χ1) is 10.3. The van der Waals surface area contributed by atoms with Crippen molar-refractivity contribution in [1.82, 2.24) is 0 Å². The predicted octanol–water partition coefficient (Wildman–Crippen LogP) is 4.39. The average molecular weight is 312 g/mol. The molecule has 0 aromatic heterocycles. The van der Waals surface area contributed by atoms with Gasteiger partial charge in [0.05, 0.1) is 0 Å². The van der Waals surface area contributed by atoms with Gasteiger partial charge in [-0.15, -0.1) is 12.4 Å². The average Bonchev–Trinajstić information content (AvgIpc) is 2.52. The number of rotatable bonds is 3. The summed E-state index contributed by atoms with van der Waals surface area (Å²) in [6.07, 6.45) is 0.587. The Bertz CT molecular complexity index is 919. The lowest BCUT2D eigenvalue weighted by atomic mass is 9.89. The van der Waals surface area contributed by atoms with Gasteiger partial charge in [-0.25, -0.2) is 0 Å². The Morgan fingerprint density at radius 2 is 1.41 bits per heavy atom. The first-order valence-electron chi connectivity index (χ1n) is 7.32. The molecule has 112 valence electrons. The van der Waals surface area contributed by atoms with Crippen LogP contribution in [0.4, 0.5) is 0 Å². The van der Waals surface area contributed by atoms with Gasteiger partial charge in [0.15, 0.2) is 0 Å². The predicted molar refractivity (Wildman–Crippen MR) is 96.0 cm³/mol. The summed E-state index contributed by atoms with van der Waals surface area (Å²) in [5.41, 5.74) is 7.36. The van der Waals surface area contributed by atoms with Crippen molar-refractivity contribution in [3.05, 3.63) is 60.2 Å². The molecule has 0 bridgehead atoms. The third-order valence-electron chi connectivity index (χ3n) is 4.40. The molecule has 0 heterocycles. The molecule has 4 rings (SSSR count).